The second-order valence-corrected chi connectivity index (χ2v) is 3.68. The first kappa shape index (κ1) is 13.6. The van der Waals surface area contributed by atoms with Gasteiger partial charge in [-0.05, 0) is 30.7 Å². The predicted molar refractivity (Wildman–Crippen MR) is 69.1 cm³/mol. The van der Waals surface area contributed by atoms with E-state index in [1.54, 1.807) is 7.11 Å². The van der Waals surface area contributed by atoms with Gasteiger partial charge in [0.05, 0.1) is 13.2 Å². The summed E-state index contributed by atoms with van der Waals surface area (Å²) in [5.74, 6) is 6.74. The third kappa shape index (κ3) is 4.90. The van der Waals surface area contributed by atoms with Gasteiger partial charge in [-0.1, -0.05) is 11.8 Å². The van der Waals surface area contributed by atoms with E-state index < -0.39 is 0 Å². The van der Waals surface area contributed by atoms with Crippen LogP contribution in [0, 0.1) is 18.8 Å². The van der Waals surface area contributed by atoms with Crippen LogP contribution in [0.4, 0.5) is 0 Å². The summed E-state index contributed by atoms with van der Waals surface area (Å²) in [4.78, 5) is 0. The van der Waals surface area contributed by atoms with Gasteiger partial charge in [-0.15, -0.1) is 0 Å². The molecule has 0 saturated carbocycles. The maximum atomic E-state index is 5.60. The Morgan fingerprint density at radius 1 is 1.29 bits per heavy atom. The van der Waals surface area contributed by atoms with Crippen LogP contribution in [0.15, 0.2) is 18.2 Å². The molecule has 1 aromatic rings. The van der Waals surface area contributed by atoms with Crippen molar-refractivity contribution in [3.63, 3.8) is 0 Å². The van der Waals surface area contributed by atoms with Crippen molar-refractivity contribution in [2.24, 2.45) is 5.73 Å². The largest absolute Gasteiger partial charge is 0.493 e. The lowest BCUT2D eigenvalue weighted by molar-refractivity contribution is 0.172. The van der Waals surface area contributed by atoms with Crippen LogP contribution in [0.2, 0.25) is 0 Å². The average Bonchev–Trinajstić information content (AvgIpc) is 2.34. The smallest absolute Gasteiger partial charge is 0.119 e. The number of methoxy groups -OCH3 is 1. The zero-order valence-electron chi connectivity index (χ0n) is 10.5. The van der Waals surface area contributed by atoms with Crippen molar-refractivity contribution >= 4 is 0 Å². The maximum Gasteiger partial charge on any atom is 0.119 e. The lowest BCUT2D eigenvalue weighted by Crippen LogP contribution is -2.01. The standard InChI is InChI=1S/C14H19NO2/c1-12-11-14(17-10-4-9-16-2)7-6-13(12)5-3-8-15/h6-7,11H,4,8-10,15H2,1-2H3. The highest BCUT2D eigenvalue weighted by molar-refractivity contribution is 5.44. The molecule has 0 heterocycles. The van der Waals surface area contributed by atoms with Crippen molar-refractivity contribution in [2.45, 2.75) is 13.3 Å². The van der Waals surface area contributed by atoms with E-state index in [1.807, 2.05) is 25.1 Å². The Bertz CT molecular complexity index is 404. The molecule has 0 bridgehead atoms. The normalized spacial score (nSPS) is 9.59. The summed E-state index contributed by atoms with van der Waals surface area (Å²) in [6.45, 7) is 3.79. The Labute approximate surface area is 103 Å². The molecule has 3 nitrogen and oxygen atoms in total. The molecule has 2 N–H and O–H groups in total. The summed E-state index contributed by atoms with van der Waals surface area (Å²) >= 11 is 0. The molecular weight excluding hydrogens is 214 g/mol. The van der Waals surface area contributed by atoms with Gasteiger partial charge in [0.15, 0.2) is 0 Å². The van der Waals surface area contributed by atoms with Crippen molar-refractivity contribution in [2.75, 3.05) is 26.9 Å². The molecule has 0 aromatic heterocycles. The number of benzene rings is 1. The molecule has 1 aromatic carbocycles. The number of rotatable bonds is 5. The van der Waals surface area contributed by atoms with Gasteiger partial charge in [0.25, 0.3) is 0 Å². The summed E-state index contributed by atoms with van der Waals surface area (Å²) in [5.41, 5.74) is 7.45. The van der Waals surface area contributed by atoms with Crippen LogP contribution < -0.4 is 10.5 Å². The van der Waals surface area contributed by atoms with Gasteiger partial charge in [0, 0.05) is 25.7 Å². The van der Waals surface area contributed by atoms with Crippen LogP contribution >= 0.6 is 0 Å². The molecular formula is C14H19NO2. The Morgan fingerprint density at radius 2 is 2.12 bits per heavy atom. The molecule has 0 unspecified atom stereocenters. The fourth-order valence-electron chi connectivity index (χ4n) is 1.41. The van der Waals surface area contributed by atoms with E-state index >= 15 is 0 Å². The lowest BCUT2D eigenvalue weighted by Gasteiger charge is -2.07. The van der Waals surface area contributed by atoms with E-state index in [-0.39, 0.29) is 0 Å². The van der Waals surface area contributed by atoms with Crippen molar-refractivity contribution < 1.29 is 9.47 Å². The Kier molecular flexibility index (Phi) is 6.16. The fraction of sp³-hybridized carbons (Fsp3) is 0.429. The van der Waals surface area contributed by atoms with E-state index in [2.05, 4.69) is 11.8 Å². The summed E-state index contributed by atoms with van der Waals surface area (Å²) in [6.07, 6.45) is 0.893. The maximum absolute atomic E-state index is 5.60. The predicted octanol–water partition coefficient (Wildman–Crippen LogP) is 1.72. The highest BCUT2D eigenvalue weighted by Gasteiger charge is 1.98. The van der Waals surface area contributed by atoms with E-state index in [0.29, 0.717) is 13.2 Å². The van der Waals surface area contributed by atoms with Gasteiger partial charge >= 0.3 is 0 Å². The van der Waals surface area contributed by atoms with Crippen LogP contribution in [0.25, 0.3) is 0 Å². The fourth-order valence-corrected chi connectivity index (χ4v) is 1.41. The van der Waals surface area contributed by atoms with Crippen LogP contribution in [0.5, 0.6) is 5.75 Å². The molecule has 0 atom stereocenters. The monoisotopic (exact) mass is 233 g/mol. The number of nitrogens with two attached hydrogens (primary N) is 1. The van der Waals surface area contributed by atoms with E-state index in [0.717, 1.165) is 29.9 Å². The van der Waals surface area contributed by atoms with Crippen molar-refractivity contribution in [1.82, 2.24) is 0 Å². The van der Waals surface area contributed by atoms with Crippen LogP contribution in [-0.4, -0.2) is 26.9 Å². The van der Waals surface area contributed by atoms with Gasteiger partial charge in [-0.25, -0.2) is 0 Å². The number of aryl methyl sites for hydroxylation is 1. The first-order valence-electron chi connectivity index (χ1n) is 5.69. The molecule has 0 aliphatic heterocycles. The molecule has 17 heavy (non-hydrogen) atoms. The quantitative estimate of drug-likeness (QED) is 0.622. The molecule has 92 valence electrons. The minimum absolute atomic E-state index is 0.384. The molecule has 0 fully saturated rings. The van der Waals surface area contributed by atoms with Crippen molar-refractivity contribution in [1.29, 1.82) is 0 Å². The molecule has 0 saturated heterocycles. The highest BCUT2D eigenvalue weighted by Crippen LogP contribution is 2.16. The third-order valence-corrected chi connectivity index (χ3v) is 2.28. The van der Waals surface area contributed by atoms with E-state index in [4.69, 9.17) is 15.2 Å². The Hall–Kier alpha value is -1.50. The number of ether oxygens (including phenoxy) is 2. The summed E-state index contributed by atoms with van der Waals surface area (Å²) in [6, 6.07) is 5.89. The second-order valence-electron chi connectivity index (χ2n) is 3.68. The van der Waals surface area contributed by atoms with Gasteiger partial charge < -0.3 is 15.2 Å². The minimum Gasteiger partial charge on any atom is -0.493 e. The van der Waals surface area contributed by atoms with Crippen LogP contribution in [-0.2, 0) is 4.74 Å². The first-order valence-corrected chi connectivity index (χ1v) is 5.69. The van der Waals surface area contributed by atoms with E-state index in [9.17, 15) is 0 Å². The average molecular weight is 233 g/mol. The van der Waals surface area contributed by atoms with Crippen molar-refractivity contribution in [3.8, 4) is 17.6 Å². The molecule has 3 heteroatoms. The zero-order valence-corrected chi connectivity index (χ0v) is 10.5. The van der Waals surface area contributed by atoms with Crippen molar-refractivity contribution in [3.05, 3.63) is 29.3 Å². The molecule has 0 radical (unpaired) electrons. The van der Waals surface area contributed by atoms with Crippen LogP contribution in [0.3, 0.4) is 0 Å². The SMILES string of the molecule is COCCCOc1ccc(C#CCN)c(C)c1. The summed E-state index contributed by atoms with van der Waals surface area (Å²) < 4.78 is 10.6. The Balaban J connectivity index is 2.56. The lowest BCUT2D eigenvalue weighted by atomic mass is 10.1. The number of hydrogen-bond donors (Lipinski definition) is 1. The third-order valence-electron chi connectivity index (χ3n) is 2.28. The summed E-state index contributed by atoms with van der Waals surface area (Å²) in [7, 11) is 1.69. The first-order chi connectivity index (χ1) is 8.27. The molecule has 0 spiro atoms. The highest BCUT2D eigenvalue weighted by atomic mass is 16.5. The minimum atomic E-state index is 0.384. The van der Waals surface area contributed by atoms with Gasteiger partial charge in [0.2, 0.25) is 0 Å². The second kappa shape index (κ2) is 7.72. The van der Waals surface area contributed by atoms with Gasteiger partial charge in [-0.3, -0.25) is 0 Å². The topological polar surface area (TPSA) is 44.5 Å². The summed E-state index contributed by atoms with van der Waals surface area (Å²) in [5, 5.41) is 0. The molecule has 1 rings (SSSR count). The Morgan fingerprint density at radius 3 is 2.76 bits per heavy atom. The molecule has 0 aliphatic carbocycles. The zero-order chi connectivity index (χ0) is 12.5. The van der Waals surface area contributed by atoms with Gasteiger partial charge in [0.1, 0.15) is 5.75 Å². The van der Waals surface area contributed by atoms with E-state index in [1.165, 1.54) is 0 Å². The van der Waals surface area contributed by atoms with Crippen LogP contribution in [0.1, 0.15) is 17.5 Å². The number of hydrogen-bond acceptors (Lipinski definition) is 3. The van der Waals surface area contributed by atoms with Gasteiger partial charge in [-0.2, -0.15) is 0 Å². The molecule has 0 amide bonds. The molecule has 0 aliphatic rings.